The van der Waals surface area contributed by atoms with E-state index in [4.69, 9.17) is 21.1 Å². The van der Waals surface area contributed by atoms with Crippen molar-refractivity contribution < 1.29 is 14.6 Å². The van der Waals surface area contributed by atoms with Crippen molar-refractivity contribution in [3.05, 3.63) is 22.2 Å². The minimum Gasteiger partial charge on any atom is -0.490 e. The van der Waals surface area contributed by atoms with Crippen LogP contribution in [0, 0.1) is 0 Å². The van der Waals surface area contributed by atoms with Crippen molar-refractivity contribution in [2.75, 3.05) is 13.2 Å². The lowest BCUT2D eigenvalue weighted by Gasteiger charge is -2.22. The average Bonchev–Trinajstić information content (AvgIpc) is 2.55. The number of benzene rings is 1. The summed E-state index contributed by atoms with van der Waals surface area (Å²) in [4.78, 5) is 0. The number of ether oxygens (including phenoxy) is 2. The summed E-state index contributed by atoms with van der Waals surface area (Å²) in [5.74, 6) is 1.26. The van der Waals surface area contributed by atoms with Gasteiger partial charge in [0.25, 0.3) is 0 Å². The lowest BCUT2D eigenvalue weighted by Crippen LogP contribution is -2.13. The van der Waals surface area contributed by atoms with Crippen LogP contribution in [0.25, 0.3) is 0 Å². The molecule has 3 nitrogen and oxygen atoms in total. The molecule has 1 N–H and O–H groups in total. The third-order valence-corrected chi connectivity index (χ3v) is 3.83. The number of aliphatic hydroxyl groups is 1. The van der Waals surface area contributed by atoms with E-state index in [1.54, 1.807) is 6.07 Å². The van der Waals surface area contributed by atoms with Crippen molar-refractivity contribution >= 4 is 11.6 Å². The summed E-state index contributed by atoms with van der Waals surface area (Å²) in [6.45, 7) is 9.07. The summed E-state index contributed by atoms with van der Waals surface area (Å²) in [6, 6.07) is 1.80. The van der Waals surface area contributed by atoms with E-state index in [9.17, 15) is 5.11 Å². The normalized spacial score (nSPS) is 20.2. The zero-order valence-corrected chi connectivity index (χ0v) is 12.7. The zero-order valence-electron chi connectivity index (χ0n) is 11.9. The number of fused-ring (bicyclic) bond motifs is 1. The van der Waals surface area contributed by atoms with Crippen molar-refractivity contribution in [3.63, 3.8) is 0 Å². The van der Waals surface area contributed by atoms with Gasteiger partial charge in [-0.2, -0.15) is 0 Å². The van der Waals surface area contributed by atoms with E-state index in [1.807, 2.05) is 13.8 Å². The van der Waals surface area contributed by atoms with Crippen molar-refractivity contribution in [2.24, 2.45) is 0 Å². The van der Waals surface area contributed by atoms with E-state index in [1.165, 1.54) is 0 Å². The molecular formula is C15H21ClO3. The van der Waals surface area contributed by atoms with Gasteiger partial charge in [0.15, 0.2) is 11.5 Å². The Morgan fingerprint density at radius 1 is 1.32 bits per heavy atom. The third-order valence-electron chi connectivity index (χ3n) is 3.54. The van der Waals surface area contributed by atoms with Crippen LogP contribution in [0.2, 0.25) is 5.02 Å². The van der Waals surface area contributed by atoms with Crippen molar-refractivity contribution in [1.82, 2.24) is 0 Å². The Hall–Kier alpha value is -0.930. The number of hydrogen-bond acceptors (Lipinski definition) is 3. The molecule has 1 aliphatic rings. The molecular weight excluding hydrogens is 264 g/mol. The van der Waals surface area contributed by atoms with Crippen LogP contribution in [-0.2, 0) is 5.41 Å². The summed E-state index contributed by atoms with van der Waals surface area (Å²) in [5, 5.41) is 11.0. The molecule has 1 atom stereocenters. The first-order valence-corrected chi connectivity index (χ1v) is 7.10. The first-order chi connectivity index (χ1) is 8.92. The van der Waals surface area contributed by atoms with Gasteiger partial charge in [0.1, 0.15) is 0 Å². The molecule has 0 amide bonds. The van der Waals surface area contributed by atoms with Gasteiger partial charge >= 0.3 is 0 Å². The zero-order chi connectivity index (χ0) is 14.2. The standard InChI is InChI=1S/C15H21ClO3/c1-5-18-11-7-9(16)13-12(14(11)19-6-2)10(17)8-15(13,3)4/h7,10,17H,5-6,8H2,1-4H3. The van der Waals surface area contributed by atoms with Gasteiger partial charge < -0.3 is 14.6 Å². The van der Waals surface area contributed by atoms with Gasteiger partial charge in [0, 0.05) is 16.7 Å². The molecule has 0 heterocycles. The van der Waals surface area contributed by atoms with Crippen molar-refractivity contribution in [2.45, 2.75) is 45.6 Å². The molecule has 0 aliphatic heterocycles. The molecule has 1 unspecified atom stereocenters. The molecule has 0 radical (unpaired) electrons. The van der Waals surface area contributed by atoms with Crippen molar-refractivity contribution in [1.29, 1.82) is 0 Å². The maximum absolute atomic E-state index is 10.3. The van der Waals surface area contributed by atoms with Crippen LogP contribution in [0.1, 0.15) is 51.3 Å². The first kappa shape index (κ1) is 14.5. The van der Waals surface area contributed by atoms with Gasteiger partial charge in [-0.25, -0.2) is 0 Å². The van der Waals surface area contributed by atoms with E-state index < -0.39 is 6.10 Å². The maximum Gasteiger partial charge on any atom is 0.167 e. The van der Waals surface area contributed by atoms with E-state index in [-0.39, 0.29) is 5.41 Å². The van der Waals surface area contributed by atoms with E-state index in [2.05, 4.69) is 13.8 Å². The Balaban J connectivity index is 2.66. The molecule has 4 heteroatoms. The van der Waals surface area contributed by atoms with Gasteiger partial charge in [0.2, 0.25) is 0 Å². The largest absolute Gasteiger partial charge is 0.490 e. The molecule has 1 aliphatic carbocycles. The third kappa shape index (κ3) is 2.41. The molecule has 1 aromatic carbocycles. The quantitative estimate of drug-likeness (QED) is 0.913. The van der Waals surface area contributed by atoms with E-state index >= 15 is 0 Å². The van der Waals surface area contributed by atoms with Gasteiger partial charge in [-0.3, -0.25) is 0 Å². The predicted octanol–water partition coefficient (Wildman–Crippen LogP) is 3.85. The van der Waals surface area contributed by atoms with Gasteiger partial charge in [-0.1, -0.05) is 25.4 Å². The molecule has 19 heavy (non-hydrogen) atoms. The Kier molecular flexibility index (Phi) is 3.98. The molecule has 0 aromatic heterocycles. The van der Waals surface area contributed by atoms with Crippen LogP contribution < -0.4 is 9.47 Å². The topological polar surface area (TPSA) is 38.7 Å². The number of aliphatic hydroxyl groups excluding tert-OH is 1. The van der Waals surface area contributed by atoms with Crippen LogP contribution in [0.15, 0.2) is 6.07 Å². The van der Waals surface area contributed by atoms with Crippen LogP contribution in [-0.4, -0.2) is 18.3 Å². The molecule has 0 spiro atoms. The lowest BCUT2D eigenvalue weighted by atomic mass is 9.86. The fourth-order valence-electron chi connectivity index (χ4n) is 2.88. The minimum absolute atomic E-state index is 0.150. The molecule has 0 bridgehead atoms. The van der Waals surface area contributed by atoms with Gasteiger partial charge in [-0.05, 0) is 31.2 Å². The minimum atomic E-state index is -0.551. The summed E-state index contributed by atoms with van der Waals surface area (Å²) in [6.07, 6.45) is 0.0991. The Bertz CT molecular complexity index is 483. The Morgan fingerprint density at radius 2 is 1.95 bits per heavy atom. The van der Waals surface area contributed by atoms with E-state index in [0.29, 0.717) is 36.2 Å². The highest BCUT2D eigenvalue weighted by molar-refractivity contribution is 6.32. The second-order valence-electron chi connectivity index (χ2n) is 5.44. The number of rotatable bonds is 4. The average molecular weight is 285 g/mol. The molecule has 0 saturated carbocycles. The summed E-state index contributed by atoms with van der Waals surface area (Å²) < 4.78 is 11.3. The van der Waals surface area contributed by atoms with Crippen LogP contribution in [0.3, 0.4) is 0 Å². The lowest BCUT2D eigenvalue weighted by molar-refractivity contribution is 0.156. The fourth-order valence-corrected chi connectivity index (χ4v) is 3.33. The predicted molar refractivity (Wildman–Crippen MR) is 76.4 cm³/mol. The molecule has 0 saturated heterocycles. The summed E-state index contributed by atoms with van der Waals surface area (Å²) in [7, 11) is 0. The molecule has 2 rings (SSSR count). The fraction of sp³-hybridized carbons (Fsp3) is 0.600. The smallest absolute Gasteiger partial charge is 0.167 e. The monoisotopic (exact) mass is 284 g/mol. The summed E-state index contributed by atoms with van der Waals surface area (Å²) >= 11 is 6.39. The van der Waals surface area contributed by atoms with Crippen molar-refractivity contribution in [3.8, 4) is 11.5 Å². The number of hydrogen-bond donors (Lipinski definition) is 1. The van der Waals surface area contributed by atoms with Crippen LogP contribution in [0.5, 0.6) is 11.5 Å². The van der Waals surface area contributed by atoms with Gasteiger partial charge in [-0.15, -0.1) is 0 Å². The van der Waals surface area contributed by atoms with Crippen LogP contribution >= 0.6 is 11.6 Å². The molecule has 106 valence electrons. The van der Waals surface area contributed by atoms with E-state index in [0.717, 1.165) is 11.1 Å². The Morgan fingerprint density at radius 3 is 2.53 bits per heavy atom. The maximum atomic E-state index is 10.3. The first-order valence-electron chi connectivity index (χ1n) is 6.72. The summed E-state index contributed by atoms with van der Waals surface area (Å²) in [5.41, 5.74) is 1.62. The molecule has 0 fully saturated rings. The molecule has 1 aromatic rings. The second-order valence-corrected chi connectivity index (χ2v) is 5.85. The number of halogens is 1. The Labute approximate surface area is 119 Å². The highest BCUT2D eigenvalue weighted by atomic mass is 35.5. The second kappa shape index (κ2) is 5.22. The highest BCUT2D eigenvalue weighted by Gasteiger charge is 2.41. The SMILES string of the molecule is CCOc1cc(Cl)c2c(c1OCC)C(O)CC2(C)C. The van der Waals surface area contributed by atoms with Crippen LogP contribution in [0.4, 0.5) is 0 Å². The van der Waals surface area contributed by atoms with Gasteiger partial charge in [0.05, 0.1) is 19.3 Å². The highest BCUT2D eigenvalue weighted by Crippen LogP contribution is 2.54.